The quantitative estimate of drug-likeness (QED) is 0.861. The summed E-state index contributed by atoms with van der Waals surface area (Å²) in [5.74, 6) is 4.79. The predicted molar refractivity (Wildman–Crippen MR) is 93.2 cm³/mol. The minimum atomic E-state index is -0.0885. The van der Waals surface area contributed by atoms with Crippen molar-refractivity contribution in [2.24, 2.45) is 23.7 Å². The van der Waals surface area contributed by atoms with Gasteiger partial charge in [0.25, 0.3) is 5.56 Å². The van der Waals surface area contributed by atoms with E-state index in [1.165, 1.54) is 32.1 Å². The smallest absolute Gasteiger partial charge is 0.280 e. The van der Waals surface area contributed by atoms with Crippen molar-refractivity contribution in [3.8, 4) is 0 Å². The Kier molecular flexibility index (Phi) is 3.31. The Bertz CT molecular complexity index is 827. The second kappa shape index (κ2) is 5.32. The van der Waals surface area contributed by atoms with Gasteiger partial charge in [-0.3, -0.25) is 9.36 Å². The summed E-state index contributed by atoms with van der Waals surface area (Å²) in [6, 6.07) is 0. The summed E-state index contributed by atoms with van der Waals surface area (Å²) in [7, 11) is 0. The minimum Gasteiger partial charge on any atom is -0.336 e. The molecule has 0 aromatic carbocycles. The van der Waals surface area contributed by atoms with Crippen LogP contribution in [0.2, 0.25) is 5.28 Å². The number of aromatic nitrogens is 4. The van der Waals surface area contributed by atoms with E-state index in [-0.39, 0.29) is 10.8 Å². The molecule has 24 heavy (non-hydrogen) atoms. The van der Waals surface area contributed by atoms with Crippen LogP contribution in [0.4, 0.5) is 0 Å². The Morgan fingerprint density at radius 1 is 1.12 bits per heavy atom. The van der Waals surface area contributed by atoms with E-state index in [0.717, 1.165) is 35.9 Å². The second-order valence-corrected chi connectivity index (χ2v) is 8.45. The molecule has 0 radical (unpaired) electrons. The average Bonchev–Trinajstić information content (AvgIpc) is 2.94. The van der Waals surface area contributed by atoms with Crippen LogP contribution >= 0.6 is 11.6 Å². The minimum absolute atomic E-state index is 0.0885. The Morgan fingerprint density at radius 2 is 1.79 bits per heavy atom. The molecule has 6 rings (SSSR count). The number of aromatic amines is 1. The molecule has 4 saturated carbocycles. The number of imidazole rings is 1. The summed E-state index contributed by atoms with van der Waals surface area (Å²) in [5.41, 5.74) is 0.923. The Balaban J connectivity index is 1.59. The van der Waals surface area contributed by atoms with Crippen molar-refractivity contribution >= 4 is 22.8 Å². The first-order valence-corrected chi connectivity index (χ1v) is 9.67. The molecule has 1 N–H and O–H groups in total. The van der Waals surface area contributed by atoms with Crippen LogP contribution in [0.3, 0.4) is 0 Å². The molecule has 5 nitrogen and oxygen atoms in total. The van der Waals surface area contributed by atoms with Crippen LogP contribution in [0, 0.1) is 23.7 Å². The van der Waals surface area contributed by atoms with E-state index in [2.05, 4.69) is 9.97 Å². The summed E-state index contributed by atoms with van der Waals surface area (Å²) in [6.07, 6.45) is 7.64. The van der Waals surface area contributed by atoms with Gasteiger partial charge in [0.1, 0.15) is 5.82 Å². The molecule has 2 aromatic rings. The number of fused-ring (bicyclic) bond motifs is 1. The molecule has 128 valence electrons. The molecule has 2 heterocycles. The fourth-order valence-corrected chi connectivity index (χ4v) is 6.17. The highest BCUT2D eigenvalue weighted by molar-refractivity contribution is 6.28. The maximum Gasteiger partial charge on any atom is 0.280 e. The summed E-state index contributed by atoms with van der Waals surface area (Å²) in [4.78, 5) is 25.2. The van der Waals surface area contributed by atoms with Crippen molar-refractivity contribution in [2.75, 3.05) is 0 Å². The predicted octanol–water partition coefficient (Wildman–Crippen LogP) is 3.72. The zero-order chi connectivity index (χ0) is 16.4. The SMILES string of the molecule is CCCn1c(Cl)nc2nc(C3C4CC5CC(C4)CC3C5)[nH]c2c1=O. The highest BCUT2D eigenvalue weighted by Gasteiger charge is 2.49. The van der Waals surface area contributed by atoms with E-state index >= 15 is 0 Å². The van der Waals surface area contributed by atoms with Gasteiger partial charge in [-0.1, -0.05) is 6.92 Å². The van der Waals surface area contributed by atoms with Crippen LogP contribution in [-0.2, 0) is 6.54 Å². The number of nitrogens with zero attached hydrogens (tertiary/aromatic N) is 3. The molecule has 0 amide bonds. The summed E-state index contributed by atoms with van der Waals surface area (Å²) in [6.45, 7) is 2.62. The number of hydrogen-bond donors (Lipinski definition) is 1. The molecular weight excluding hydrogens is 324 g/mol. The summed E-state index contributed by atoms with van der Waals surface area (Å²) >= 11 is 6.20. The fraction of sp³-hybridized carbons (Fsp3) is 0.722. The highest BCUT2D eigenvalue weighted by Crippen LogP contribution is 2.59. The number of nitrogens with one attached hydrogen (secondary N) is 1. The summed E-state index contributed by atoms with van der Waals surface area (Å²) in [5, 5.41) is 0.248. The topological polar surface area (TPSA) is 63.6 Å². The van der Waals surface area contributed by atoms with Gasteiger partial charge < -0.3 is 4.98 Å². The van der Waals surface area contributed by atoms with Gasteiger partial charge in [-0.05, 0) is 73.8 Å². The van der Waals surface area contributed by atoms with E-state index in [0.29, 0.717) is 23.6 Å². The number of H-pyrrole nitrogens is 1. The Hall–Kier alpha value is -1.36. The molecule has 0 saturated heterocycles. The van der Waals surface area contributed by atoms with Crippen molar-refractivity contribution in [1.82, 2.24) is 19.5 Å². The monoisotopic (exact) mass is 346 g/mol. The van der Waals surface area contributed by atoms with Crippen LogP contribution in [0.25, 0.3) is 11.2 Å². The molecule has 0 spiro atoms. The van der Waals surface area contributed by atoms with Crippen molar-refractivity contribution in [1.29, 1.82) is 0 Å². The third-order valence-corrected chi connectivity index (χ3v) is 6.86. The molecule has 0 atom stereocenters. The number of hydrogen-bond acceptors (Lipinski definition) is 3. The van der Waals surface area contributed by atoms with Crippen LogP contribution in [0.15, 0.2) is 4.79 Å². The van der Waals surface area contributed by atoms with E-state index < -0.39 is 0 Å². The molecular formula is C18H23ClN4O. The van der Waals surface area contributed by atoms with Crippen molar-refractivity contribution in [3.63, 3.8) is 0 Å². The maximum atomic E-state index is 12.7. The van der Waals surface area contributed by atoms with Gasteiger partial charge >= 0.3 is 0 Å². The molecule has 4 fully saturated rings. The van der Waals surface area contributed by atoms with Crippen molar-refractivity contribution < 1.29 is 0 Å². The fourth-order valence-electron chi connectivity index (χ4n) is 5.93. The van der Waals surface area contributed by atoms with Crippen LogP contribution in [0.5, 0.6) is 0 Å². The molecule has 2 aromatic heterocycles. The lowest BCUT2D eigenvalue weighted by Crippen LogP contribution is -2.44. The third kappa shape index (κ3) is 2.10. The van der Waals surface area contributed by atoms with Crippen molar-refractivity contribution in [2.45, 2.75) is 57.9 Å². The van der Waals surface area contributed by atoms with E-state index in [9.17, 15) is 4.79 Å². The van der Waals surface area contributed by atoms with Crippen LogP contribution < -0.4 is 5.56 Å². The molecule has 0 aliphatic heterocycles. The Labute approximate surface area is 145 Å². The molecule has 6 heteroatoms. The van der Waals surface area contributed by atoms with Gasteiger partial charge in [-0.25, -0.2) is 4.98 Å². The number of rotatable bonds is 3. The average molecular weight is 347 g/mol. The van der Waals surface area contributed by atoms with E-state index in [1.54, 1.807) is 4.57 Å². The Morgan fingerprint density at radius 3 is 2.42 bits per heavy atom. The van der Waals surface area contributed by atoms with Crippen molar-refractivity contribution in [3.05, 3.63) is 21.5 Å². The van der Waals surface area contributed by atoms with E-state index in [4.69, 9.17) is 16.6 Å². The molecule has 4 aliphatic rings. The lowest BCUT2D eigenvalue weighted by atomic mass is 9.52. The maximum absolute atomic E-state index is 12.7. The van der Waals surface area contributed by atoms with Gasteiger partial charge in [0.2, 0.25) is 5.28 Å². The van der Waals surface area contributed by atoms with Gasteiger partial charge in [-0.2, -0.15) is 4.98 Å². The first-order valence-electron chi connectivity index (χ1n) is 9.30. The zero-order valence-electron chi connectivity index (χ0n) is 14.0. The first kappa shape index (κ1) is 14.9. The standard InChI is InChI=1S/C18H23ClN4O/c1-2-3-23-17(24)14-16(22-18(23)19)21-15(20-14)13-11-5-9-4-10(7-11)8-12(13)6-9/h9-13H,2-8H2,1H3,(H,20,21). The zero-order valence-corrected chi connectivity index (χ0v) is 14.7. The third-order valence-electron chi connectivity index (χ3n) is 6.57. The van der Waals surface area contributed by atoms with Gasteiger partial charge in [0.05, 0.1) is 0 Å². The highest BCUT2D eigenvalue weighted by atomic mass is 35.5. The lowest BCUT2D eigenvalue weighted by molar-refractivity contribution is -0.00529. The van der Waals surface area contributed by atoms with E-state index in [1.807, 2.05) is 6.92 Å². The van der Waals surface area contributed by atoms with Crippen LogP contribution in [0.1, 0.15) is 57.2 Å². The number of halogens is 1. The normalized spacial score (nSPS) is 34.3. The molecule has 0 unspecified atom stereocenters. The van der Waals surface area contributed by atoms with Gasteiger partial charge in [-0.15, -0.1) is 0 Å². The summed E-state index contributed by atoms with van der Waals surface area (Å²) < 4.78 is 1.54. The van der Waals surface area contributed by atoms with Gasteiger partial charge in [0, 0.05) is 12.5 Å². The molecule has 4 aliphatic carbocycles. The first-order chi connectivity index (χ1) is 11.6. The largest absolute Gasteiger partial charge is 0.336 e. The lowest BCUT2D eigenvalue weighted by Gasteiger charge is -2.53. The second-order valence-electron chi connectivity index (χ2n) is 8.11. The molecule has 4 bridgehead atoms. The van der Waals surface area contributed by atoms with Gasteiger partial charge in [0.15, 0.2) is 11.2 Å². The van der Waals surface area contributed by atoms with Crippen LogP contribution in [-0.4, -0.2) is 19.5 Å².